The number of nitrogens with one attached hydrogen (secondary N) is 1. The number of carbonyl (C=O) groups is 1. The first-order chi connectivity index (χ1) is 15.1. The first-order valence-electron chi connectivity index (χ1n) is 10.2. The molecule has 1 fully saturated rings. The van der Waals surface area contributed by atoms with Gasteiger partial charge in [0.05, 0.1) is 4.90 Å². The molecule has 1 aliphatic heterocycles. The normalized spacial score (nSPS) is 15.6. The molecule has 3 aromatic rings. The van der Waals surface area contributed by atoms with Crippen molar-refractivity contribution >= 4 is 15.9 Å². The minimum Gasteiger partial charge on any atom is -0.354 e. The van der Waals surface area contributed by atoms with Gasteiger partial charge in [-0.2, -0.15) is 4.31 Å². The number of nitrogens with zero attached hydrogens (tertiary/aromatic N) is 5. The second-order valence-corrected chi connectivity index (χ2v) is 9.34. The second kappa shape index (κ2) is 9.36. The monoisotopic (exact) mass is 440 g/mol. The molecule has 0 bridgehead atoms. The molecule has 0 radical (unpaired) electrons. The van der Waals surface area contributed by atoms with Crippen LogP contribution in [0.5, 0.6) is 0 Å². The van der Waals surface area contributed by atoms with Gasteiger partial charge in [-0.1, -0.05) is 42.5 Å². The molecule has 1 atom stereocenters. The Hall–Kier alpha value is -3.11. The highest BCUT2D eigenvalue weighted by Crippen LogP contribution is 2.21. The van der Waals surface area contributed by atoms with Crippen molar-refractivity contribution in [3.05, 3.63) is 72.1 Å². The Morgan fingerprint density at radius 1 is 1.03 bits per heavy atom. The van der Waals surface area contributed by atoms with E-state index in [1.54, 1.807) is 24.3 Å². The molecule has 162 valence electrons. The Kier molecular flexibility index (Phi) is 6.38. The summed E-state index contributed by atoms with van der Waals surface area (Å²) in [5, 5.41) is 14.1. The molecule has 4 rings (SSSR count). The molecule has 1 unspecified atom stereocenters. The van der Waals surface area contributed by atoms with Gasteiger partial charge < -0.3 is 5.32 Å². The van der Waals surface area contributed by atoms with E-state index in [-0.39, 0.29) is 5.91 Å². The molecule has 1 aliphatic rings. The highest BCUT2D eigenvalue weighted by molar-refractivity contribution is 7.89. The minimum atomic E-state index is -3.41. The lowest BCUT2D eigenvalue weighted by molar-refractivity contribution is -0.123. The zero-order chi connectivity index (χ0) is 21.7. The second-order valence-electron chi connectivity index (χ2n) is 7.40. The van der Waals surface area contributed by atoms with E-state index in [1.165, 1.54) is 15.3 Å². The Morgan fingerprint density at radius 2 is 1.74 bits per heavy atom. The van der Waals surface area contributed by atoms with E-state index in [0.717, 1.165) is 24.0 Å². The van der Waals surface area contributed by atoms with Gasteiger partial charge in [0.2, 0.25) is 15.9 Å². The molecule has 31 heavy (non-hydrogen) atoms. The zero-order valence-electron chi connectivity index (χ0n) is 17.0. The fourth-order valence-electron chi connectivity index (χ4n) is 3.68. The number of sulfonamides is 1. The maximum atomic E-state index is 12.9. The average Bonchev–Trinajstić information content (AvgIpc) is 3.50. The summed E-state index contributed by atoms with van der Waals surface area (Å²) >= 11 is 0. The number of benzene rings is 2. The summed E-state index contributed by atoms with van der Waals surface area (Å²) in [6.45, 7) is 1.57. The first-order valence-corrected chi connectivity index (χ1v) is 11.6. The van der Waals surface area contributed by atoms with Gasteiger partial charge in [0.1, 0.15) is 6.33 Å². The maximum absolute atomic E-state index is 12.9. The number of amides is 1. The molecule has 0 saturated carbocycles. The summed E-state index contributed by atoms with van der Waals surface area (Å²) in [4.78, 5) is 13.2. The fraction of sp³-hybridized carbons (Fsp3) is 0.333. The average molecular weight is 441 g/mol. The van der Waals surface area contributed by atoms with E-state index in [4.69, 9.17) is 0 Å². The van der Waals surface area contributed by atoms with Crippen LogP contribution in [0, 0.1) is 0 Å². The highest BCUT2D eigenvalue weighted by atomic mass is 32.2. The van der Waals surface area contributed by atoms with Gasteiger partial charge in [0.15, 0.2) is 6.04 Å². The molecule has 10 heteroatoms. The Bertz CT molecular complexity index is 1100. The van der Waals surface area contributed by atoms with Gasteiger partial charge in [-0.25, -0.2) is 13.1 Å². The number of rotatable bonds is 8. The largest absolute Gasteiger partial charge is 0.354 e. The standard InChI is InChI=1S/C21H24N6O3S/c28-21(20(27-16-23-24-25-27)18-6-2-1-3-7-18)22-13-12-17-8-10-19(11-9-17)31(29,30)26-14-4-5-15-26/h1-3,6-11,16,20H,4-5,12-15H2,(H,22,28). The quantitative estimate of drug-likeness (QED) is 0.567. The zero-order valence-corrected chi connectivity index (χ0v) is 17.8. The highest BCUT2D eigenvalue weighted by Gasteiger charge is 2.27. The lowest BCUT2D eigenvalue weighted by atomic mass is 10.1. The summed E-state index contributed by atoms with van der Waals surface area (Å²) in [6, 6.07) is 15.5. The minimum absolute atomic E-state index is 0.216. The molecule has 2 heterocycles. The predicted octanol–water partition coefficient (Wildman–Crippen LogP) is 1.41. The van der Waals surface area contributed by atoms with E-state index in [0.29, 0.717) is 31.0 Å². The van der Waals surface area contributed by atoms with Crippen molar-refractivity contribution in [3.63, 3.8) is 0 Å². The van der Waals surface area contributed by atoms with Gasteiger partial charge in [0, 0.05) is 19.6 Å². The van der Waals surface area contributed by atoms with Crippen LogP contribution in [0.3, 0.4) is 0 Å². The van der Waals surface area contributed by atoms with Crippen LogP contribution in [0.15, 0.2) is 65.8 Å². The van der Waals surface area contributed by atoms with Gasteiger partial charge in [-0.3, -0.25) is 4.79 Å². The molecule has 1 amide bonds. The number of carbonyl (C=O) groups excluding carboxylic acids is 1. The van der Waals surface area contributed by atoms with E-state index in [2.05, 4.69) is 20.8 Å². The van der Waals surface area contributed by atoms with Crippen LogP contribution in [0.1, 0.15) is 30.0 Å². The van der Waals surface area contributed by atoms with E-state index < -0.39 is 16.1 Å². The van der Waals surface area contributed by atoms with Gasteiger partial charge >= 0.3 is 0 Å². The van der Waals surface area contributed by atoms with Crippen LogP contribution in [0.25, 0.3) is 0 Å². The van der Waals surface area contributed by atoms with Gasteiger partial charge in [-0.05, 0) is 52.9 Å². The predicted molar refractivity (Wildman–Crippen MR) is 114 cm³/mol. The topological polar surface area (TPSA) is 110 Å². The Balaban J connectivity index is 1.37. The van der Waals surface area contributed by atoms with Crippen LogP contribution in [-0.4, -0.2) is 58.5 Å². The molecule has 1 N–H and O–H groups in total. The fourth-order valence-corrected chi connectivity index (χ4v) is 5.20. The Labute approximate surface area is 181 Å². The van der Waals surface area contributed by atoms with Crippen molar-refractivity contribution < 1.29 is 13.2 Å². The lowest BCUT2D eigenvalue weighted by Crippen LogP contribution is -2.34. The molecular formula is C21H24N6O3S. The van der Waals surface area contributed by atoms with E-state index >= 15 is 0 Å². The third kappa shape index (κ3) is 4.80. The lowest BCUT2D eigenvalue weighted by Gasteiger charge is -2.17. The van der Waals surface area contributed by atoms with Crippen molar-refractivity contribution in [2.24, 2.45) is 0 Å². The SMILES string of the molecule is O=C(NCCc1ccc(S(=O)(=O)N2CCCC2)cc1)C(c1ccccc1)n1cnnn1. The summed E-state index contributed by atoms with van der Waals surface area (Å²) < 4.78 is 28.2. The molecule has 0 spiro atoms. The van der Waals surface area contributed by atoms with Gasteiger partial charge in [-0.15, -0.1) is 5.10 Å². The first kappa shape index (κ1) is 21.1. The smallest absolute Gasteiger partial charge is 0.249 e. The summed E-state index contributed by atoms with van der Waals surface area (Å²) in [6.07, 6.45) is 3.81. The molecule has 9 nitrogen and oxygen atoms in total. The van der Waals surface area contributed by atoms with Crippen molar-refractivity contribution in [3.8, 4) is 0 Å². The van der Waals surface area contributed by atoms with Crippen molar-refractivity contribution in [1.29, 1.82) is 0 Å². The molecule has 2 aromatic carbocycles. The molecule has 1 saturated heterocycles. The Morgan fingerprint density at radius 3 is 2.39 bits per heavy atom. The number of tetrazole rings is 1. The van der Waals surface area contributed by atoms with Crippen LogP contribution in [-0.2, 0) is 21.2 Å². The maximum Gasteiger partial charge on any atom is 0.249 e. The van der Waals surface area contributed by atoms with E-state index in [9.17, 15) is 13.2 Å². The summed E-state index contributed by atoms with van der Waals surface area (Å²) in [5.74, 6) is -0.216. The third-order valence-corrected chi connectivity index (χ3v) is 7.24. The summed E-state index contributed by atoms with van der Waals surface area (Å²) in [7, 11) is -3.41. The van der Waals surface area contributed by atoms with E-state index in [1.807, 2.05) is 30.3 Å². The third-order valence-electron chi connectivity index (χ3n) is 5.33. The number of hydrogen-bond acceptors (Lipinski definition) is 6. The van der Waals surface area contributed by atoms with Crippen LogP contribution >= 0.6 is 0 Å². The molecule has 1 aromatic heterocycles. The van der Waals surface area contributed by atoms with Crippen molar-refractivity contribution in [1.82, 2.24) is 29.8 Å². The number of aromatic nitrogens is 4. The van der Waals surface area contributed by atoms with Crippen LogP contribution < -0.4 is 5.32 Å². The molecular weight excluding hydrogens is 416 g/mol. The van der Waals surface area contributed by atoms with Gasteiger partial charge in [0.25, 0.3) is 0 Å². The summed E-state index contributed by atoms with van der Waals surface area (Å²) in [5.41, 5.74) is 1.73. The van der Waals surface area contributed by atoms with Crippen molar-refractivity contribution in [2.75, 3.05) is 19.6 Å². The molecule has 0 aliphatic carbocycles. The van der Waals surface area contributed by atoms with Crippen LogP contribution in [0.4, 0.5) is 0 Å². The number of hydrogen-bond donors (Lipinski definition) is 1. The van der Waals surface area contributed by atoms with Crippen molar-refractivity contribution in [2.45, 2.75) is 30.2 Å². The van der Waals surface area contributed by atoms with Crippen LogP contribution in [0.2, 0.25) is 0 Å².